The largest absolute Gasteiger partial charge is 0.337 e. The number of piperidine rings is 1. The molecule has 0 radical (unpaired) electrons. The Kier molecular flexibility index (Phi) is 2.97. The molecule has 1 aromatic heterocycles. The molecule has 90 valence electrons. The molecule has 0 bridgehead atoms. The van der Waals surface area contributed by atoms with Crippen LogP contribution in [0.2, 0.25) is 0 Å². The van der Waals surface area contributed by atoms with Crippen molar-refractivity contribution in [3.8, 4) is 0 Å². The molecule has 0 unspecified atom stereocenters. The van der Waals surface area contributed by atoms with Crippen LogP contribution in [0.25, 0.3) is 0 Å². The van der Waals surface area contributed by atoms with Gasteiger partial charge in [-0.3, -0.25) is 4.90 Å². The van der Waals surface area contributed by atoms with Crippen molar-refractivity contribution in [3.05, 3.63) is 18.2 Å². The number of rotatable bonds is 2. The highest BCUT2D eigenvalue weighted by Gasteiger charge is 2.41. The van der Waals surface area contributed by atoms with Crippen molar-refractivity contribution in [2.75, 3.05) is 13.1 Å². The van der Waals surface area contributed by atoms with Gasteiger partial charge in [0.05, 0.1) is 13.1 Å². The summed E-state index contributed by atoms with van der Waals surface area (Å²) in [5, 5.41) is 0. The Balaban J connectivity index is 2.00. The molecule has 3 nitrogen and oxygen atoms in total. The van der Waals surface area contributed by atoms with Crippen molar-refractivity contribution < 1.29 is 8.78 Å². The summed E-state index contributed by atoms with van der Waals surface area (Å²) >= 11 is 0. The molecule has 0 amide bonds. The second kappa shape index (κ2) is 4.13. The van der Waals surface area contributed by atoms with Gasteiger partial charge in [0.1, 0.15) is 5.82 Å². The first-order chi connectivity index (χ1) is 7.49. The Labute approximate surface area is 94.1 Å². The van der Waals surface area contributed by atoms with Crippen LogP contribution in [-0.2, 0) is 13.6 Å². The van der Waals surface area contributed by atoms with Gasteiger partial charge in [-0.25, -0.2) is 13.8 Å². The summed E-state index contributed by atoms with van der Waals surface area (Å²) in [5.41, 5.74) is 0. The lowest BCUT2D eigenvalue weighted by Gasteiger charge is -2.36. The van der Waals surface area contributed by atoms with Gasteiger partial charge < -0.3 is 4.57 Å². The van der Waals surface area contributed by atoms with Crippen LogP contribution in [0.15, 0.2) is 12.4 Å². The Morgan fingerprint density at radius 1 is 1.56 bits per heavy atom. The van der Waals surface area contributed by atoms with Gasteiger partial charge in [-0.2, -0.15) is 0 Å². The van der Waals surface area contributed by atoms with Gasteiger partial charge in [0, 0.05) is 25.4 Å². The predicted octanol–water partition coefficient (Wildman–Crippen LogP) is 1.90. The standard InChI is InChI=1S/C11H17F2N3/c1-9-3-5-16(8-11(9,12)13)7-10-14-4-6-15(10)2/h4,6,9H,3,5,7-8H2,1-2H3/t9-/m0/s1. The summed E-state index contributed by atoms with van der Waals surface area (Å²) in [4.78, 5) is 5.93. The Bertz CT molecular complexity index is 362. The molecule has 2 heterocycles. The number of hydrogen-bond acceptors (Lipinski definition) is 2. The molecule has 0 aromatic carbocycles. The van der Waals surface area contributed by atoms with Crippen LogP contribution in [-0.4, -0.2) is 33.5 Å². The third-order valence-corrected chi connectivity index (χ3v) is 3.32. The fourth-order valence-corrected chi connectivity index (χ4v) is 2.00. The third-order valence-electron chi connectivity index (χ3n) is 3.32. The molecular formula is C11H17F2N3. The first-order valence-electron chi connectivity index (χ1n) is 5.55. The normalized spacial score (nSPS) is 25.9. The second-order valence-corrected chi connectivity index (χ2v) is 4.62. The van der Waals surface area contributed by atoms with E-state index in [9.17, 15) is 8.78 Å². The van der Waals surface area contributed by atoms with Gasteiger partial charge in [0.25, 0.3) is 5.92 Å². The van der Waals surface area contributed by atoms with Crippen LogP contribution in [0.1, 0.15) is 19.2 Å². The average Bonchev–Trinajstić information content (AvgIpc) is 2.58. The quantitative estimate of drug-likeness (QED) is 0.772. The molecule has 1 atom stereocenters. The molecular weight excluding hydrogens is 212 g/mol. The highest BCUT2D eigenvalue weighted by Crippen LogP contribution is 2.32. The molecule has 16 heavy (non-hydrogen) atoms. The van der Waals surface area contributed by atoms with Crippen LogP contribution in [0.3, 0.4) is 0 Å². The summed E-state index contributed by atoms with van der Waals surface area (Å²) in [5.74, 6) is -2.24. The highest BCUT2D eigenvalue weighted by molar-refractivity contribution is 4.93. The van der Waals surface area contributed by atoms with Crippen molar-refractivity contribution >= 4 is 0 Å². The highest BCUT2D eigenvalue weighted by atomic mass is 19.3. The van der Waals surface area contributed by atoms with E-state index in [1.807, 2.05) is 17.8 Å². The van der Waals surface area contributed by atoms with Gasteiger partial charge in [-0.05, 0) is 13.0 Å². The number of aromatic nitrogens is 2. The number of halogens is 2. The minimum absolute atomic E-state index is 0.152. The smallest absolute Gasteiger partial charge is 0.263 e. The molecule has 0 saturated carbocycles. The van der Waals surface area contributed by atoms with E-state index in [0.29, 0.717) is 13.0 Å². The van der Waals surface area contributed by atoms with Crippen LogP contribution in [0, 0.1) is 5.92 Å². The molecule has 0 spiro atoms. The summed E-state index contributed by atoms with van der Waals surface area (Å²) in [7, 11) is 1.88. The van der Waals surface area contributed by atoms with Gasteiger partial charge >= 0.3 is 0 Å². The van der Waals surface area contributed by atoms with Crippen molar-refractivity contribution in [2.45, 2.75) is 25.8 Å². The lowest BCUT2D eigenvalue weighted by atomic mass is 9.95. The number of aryl methyl sites for hydroxylation is 1. The third kappa shape index (κ3) is 2.24. The number of likely N-dealkylation sites (tertiary alicyclic amines) is 1. The van der Waals surface area contributed by atoms with E-state index in [4.69, 9.17) is 0 Å². The van der Waals surface area contributed by atoms with Crippen molar-refractivity contribution in [1.29, 1.82) is 0 Å². The summed E-state index contributed by atoms with van der Waals surface area (Å²) in [6.45, 7) is 2.70. The number of hydrogen-bond donors (Lipinski definition) is 0. The van der Waals surface area contributed by atoms with Gasteiger partial charge in [-0.15, -0.1) is 0 Å². The van der Waals surface area contributed by atoms with E-state index in [2.05, 4.69) is 4.98 Å². The zero-order valence-electron chi connectivity index (χ0n) is 9.66. The van der Waals surface area contributed by atoms with Gasteiger partial charge in [-0.1, -0.05) is 6.92 Å². The second-order valence-electron chi connectivity index (χ2n) is 4.62. The molecule has 1 saturated heterocycles. The summed E-state index contributed by atoms with van der Waals surface area (Å²) < 4.78 is 28.9. The van der Waals surface area contributed by atoms with E-state index in [1.54, 1.807) is 18.0 Å². The maximum Gasteiger partial charge on any atom is 0.263 e. The minimum Gasteiger partial charge on any atom is -0.337 e. The molecule has 1 aliphatic heterocycles. The number of nitrogens with zero attached hydrogens (tertiary/aromatic N) is 3. The zero-order valence-corrected chi connectivity index (χ0v) is 9.66. The van der Waals surface area contributed by atoms with E-state index >= 15 is 0 Å². The van der Waals surface area contributed by atoms with Crippen molar-refractivity contribution in [3.63, 3.8) is 0 Å². The lowest BCUT2D eigenvalue weighted by molar-refractivity contribution is -0.107. The fraction of sp³-hybridized carbons (Fsp3) is 0.727. The minimum atomic E-state index is -2.57. The van der Waals surface area contributed by atoms with Crippen LogP contribution in [0.4, 0.5) is 8.78 Å². The summed E-state index contributed by atoms with van der Waals surface area (Å²) in [6, 6.07) is 0. The maximum absolute atomic E-state index is 13.5. The van der Waals surface area contributed by atoms with E-state index in [0.717, 1.165) is 12.4 Å². The maximum atomic E-state index is 13.5. The van der Waals surface area contributed by atoms with Crippen molar-refractivity contribution in [2.24, 2.45) is 13.0 Å². The number of imidazole rings is 1. The Hall–Kier alpha value is -0.970. The first kappa shape index (κ1) is 11.5. The SMILES string of the molecule is C[C@H]1CCN(Cc2nccn2C)CC1(F)F. The molecule has 5 heteroatoms. The molecule has 2 rings (SSSR count). The van der Waals surface area contributed by atoms with Crippen LogP contribution < -0.4 is 0 Å². The van der Waals surface area contributed by atoms with Gasteiger partial charge in [0.15, 0.2) is 0 Å². The zero-order chi connectivity index (χ0) is 11.8. The predicted molar refractivity (Wildman–Crippen MR) is 57.2 cm³/mol. The van der Waals surface area contributed by atoms with E-state index in [1.165, 1.54) is 0 Å². The topological polar surface area (TPSA) is 21.1 Å². The van der Waals surface area contributed by atoms with Crippen LogP contribution in [0.5, 0.6) is 0 Å². The molecule has 0 aliphatic carbocycles. The molecule has 1 aliphatic rings. The Morgan fingerprint density at radius 3 is 2.88 bits per heavy atom. The number of alkyl halides is 2. The Morgan fingerprint density at radius 2 is 2.31 bits per heavy atom. The molecule has 1 fully saturated rings. The van der Waals surface area contributed by atoms with E-state index in [-0.39, 0.29) is 6.54 Å². The van der Waals surface area contributed by atoms with Crippen molar-refractivity contribution in [1.82, 2.24) is 14.5 Å². The average molecular weight is 229 g/mol. The molecule has 1 aromatic rings. The summed E-state index contributed by atoms with van der Waals surface area (Å²) in [6.07, 6.45) is 4.08. The lowest BCUT2D eigenvalue weighted by Crippen LogP contribution is -2.47. The van der Waals surface area contributed by atoms with Gasteiger partial charge in [0.2, 0.25) is 0 Å². The first-order valence-corrected chi connectivity index (χ1v) is 5.55. The molecule has 0 N–H and O–H groups in total. The monoisotopic (exact) mass is 229 g/mol. The fourth-order valence-electron chi connectivity index (χ4n) is 2.00. The van der Waals surface area contributed by atoms with Crippen LogP contribution >= 0.6 is 0 Å². The van der Waals surface area contributed by atoms with E-state index < -0.39 is 11.8 Å².